The third-order valence-electron chi connectivity index (χ3n) is 3.22. The van der Waals surface area contributed by atoms with Crippen molar-refractivity contribution in [3.63, 3.8) is 0 Å². The SMILES string of the molecule is O=C(O)[C@@H]1CC(O)C[C@H]1c1ccc(F)cc1F. The van der Waals surface area contributed by atoms with Crippen molar-refractivity contribution in [2.75, 3.05) is 0 Å². The highest BCUT2D eigenvalue weighted by Gasteiger charge is 2.40. The summed E-state index contributed by atoms with van der Waals surface area (Å²) >= 11 is 0. The number of carboxylic acids is 1. The van der Waals surface area contributed by atoms with E-state index in [1.54, 1.807) is 0 Å². The average Bonchev–Trinajstić information content (AvgIpc) is 2.60. The lowest BCUT2D eigenvalue weighted by Crippen LogP contribution is -2.17. The fourth-order valence-electron chi connectivity index (χ4n) is 2.43. The van der Waals surface area contributed by atoms with Crippen LogP contribution in [-0.2, 0) is 4.79 Å². The standard InChI is InChI=1S/C12H12F2O3/c13-6-1-2-8(11(14)3-6)9-4-7(15)5-10(9)12(16)17/h1-3,7,9-10,15H,4-5H2,(H,16,17)/t7?,9-,10+/m0/s1. The van der Waals surface area contributed by atoms with E-state index in [0.29, 0.717) is 0 Å². The number of aliphatic carboxylic acids is 1. The normalized spacial score (nSPS) is 28.3. The highest BCUT2D eigenvalue weighted by molar-refractivity contribution is 5.72. The number of aliphatic hydroxyl groups excluding tert-OH is 1. The van der Waals surface area contributed by atoms with Crippen LogP contribution in [0.3, 0.4) is 0 Å². The minimum Gasteiger partial charge on any atom is -0.481 e. The molecule has 5 heteroatoms. The molecule has 1 saturated carbocycles. The number of carboxylic acid groups (broad SMARTS) is 1. The van der Waals surface area contributed by atoms with Gasteiger partial charge in [0.25, 0.3) is 0 Å². The van der Waals surface area contributed by atoms with Crippen LogP contribution in [0.2, 0.25) is 0 Å². The van der Waals surface area contributed by atoms with E-state index in [1.807, 2.05) is 0 Å². The summed E-state index contributed by atoms with van der Waals surface area (Å²) in [6, 6.07) is 3.09. The van der Waals surface area contributed by atoms with Crippen molar-refractivity contribution < 1.29 is 23.8 Å². The molecule has 17 heavy (non-hydrogen) atoms. The Labute approximate surface area is 96.7 Å². The number of hydrogen-bond donors (Lipinski definition) is 2. The van der Waals surface area contributed by atoms with Crippen molar-refractivity contribution in [2.45, 2.75) is 24.9 Å². The van der Waals surface area contributed by atoms with Gasteiger partial charge >= 0.3 is 5.97 Å². The van der Waals surface area contributed by atoms with Crippen LogP contribution in [0.15, 0.2) is 18.2 Å². The smallest absolute Gasteiger partial charge is 0.307 e. The summed E-state index contributed by atoms with van der Waals surface area (Å²) in [7, 11) is 0. The van der Waals surface area contributed by atoms with Crippen molar-refractivity contribution in [3.8, 4) is 0 Å². The van der Waals surface area contributed by atoms with Gasteiger partial charge in [0.05, 0.1) is 12.0 Å². The van der Waals surface area contributed by atoms with E-state index < -0.39 is 35.5 Å². The van der Waals surface area contributed by atoms with Crippen LogP contribution in [0.1, 0.15) is 24.3 Å². The number of halogens is 2. The monoisotopic (exact) mass is 242 g/mol. The maximum Gasteiger partial charge on any atom is 0.307 e. The number of rotatable bonds is 2. The van der Waals surface area contributed by atoms with Crippen LogP contribution in [0.4, 0.5) is 8.78 Å². The van der Waals surface area contributed by atoms with Gasteiger partial charge in [0.15, 0.2) is 0 Å². The molecule has 0 bridgehead atoms. The van der Waals surface area contributed by atoms with Gasteiger partial charge in [-0.2, -0.15) is 0 Å². The Morgan fingerprint density at radius 3 is 2.59 bits per heavy atom. The van der Waals surface area contributed by atoms with E-state index >= 15 is 0 Å². The van der Waals surface area contributed by atoms with E-state index in [0.717, 1.165) is 12.1 Å². The van der Waals surface area contributed by atoms with Crippen LogP contribution in [0.25, 0.3) is 0 Å². The summed E-state index contributed by atoms with van der Waals surface area (Å²) in [5.74, 6) is -3.92. The Bertz CT molecular complexity index is 447. The van der Waals surface area contributed by atoms with Gasteiger partial charge in [0.2, 0.25) is 0 Å². The Morgan fingerprint density at radius 2 is 2.00 bits per heavy atom. The van der Waals surface area contributed by atoms with Crippen molar-refractivity contribution in [3.05, 3.63) is 35.4 Å². The molecule has 0 aliphatic heterocycles. The Kier molecular flexibility index (Phi) is 3.11. The molecule has 3 atom stereocenters. The van der Waals surface area contributed by atoms with Crippen LogP contribution in [0, 0.1) is 17.6 Å². The van der Waals surface area contributed by atoms with Gasteiger partial charge in [-0.05, 0) is 24.5 Å². The molecular formula is C12H12F2O3. The highest BCUT2D eigenvalue weighted by atomic mass is 19.1. The molecule has 0 radical (unpaired) electrons. The summed E-state index contributed by atoms with van der Waals surface area (Å²) in [4.78, 5) is 11.0. The maximum absolute atomic E-state index is 13.6. The predicted molar refractivity (Wildman–Crippen MR) is 55.5 cm³/mol. The average molecular weight is 242 g/mol. The first-order chi connectivity index (χ1) is 7.99. The first-order valence-electron chi connectivity index (χ1n) is 5.35. The van der Waals surface area contributed by atoms with E-state index in [4.69, 9.17) is 5.11 Å². The second kappa shape index (κ2) is 4.41. The van der Waals surface area contributed by atoms with Gasteiger partial charge in [0.1, 0.15) is 11.6 Å². The van der Waals surface area contributed by atoms with E-state index in [-0.39, 0.29) is 18.4 Å². The fourth-order valence-corrected chi connectivity index (χ4v) is 2.43. The summed E-state index contributed by atoms with van der Waals surface area (Å²) in [5.41, 5.74) is 0.162. The third-order valence-corrected chi connectivity index (χ3v) is 3.22. The Balaban J connectivity index is 2.34. The number of aliphatic hydroxyl groups is 1. The van der Waals surface area contributed by atoms with E-state index in [2.05, 4.69) is 0 Å². The summed E-state index contributed by atoms with van der Waals surface area (Å²) in [6.45, 7) is 0. The number of benzene rings is 1. The van der Waals surface area contributed by atoms with Crippen LogP contribution < -0.4 is 0 Å². The second-order valence-electron chi connectivity index (χ2n) is 4.34. The van der Waals surface area contributed by atoms with Gasteiger partial charge in [-0.25, -0.2) is 8.78 Å². The molecular weight excluding hydrogens is 230 g/mol. The van der Waals surface area contributed by atoms with Gasteiger partial charge < -0.3 is 10.2 Å². The molecule has 1 aromatic carbocycles. The van der Waals surface area contributed by atoms with E-state index in [9.17, 15) is 18.7 Å². The number of carbonyl (C=O) groups is 1. The zero-order valence-electron chi connectivity index (χ0n) is 8.94. The minimum absolute atomic E-state index is 0.108. The quantitative estimate of drug-likeness (QED) is 0.832. The van der Waals surface area contributed by atoms with Crippen molar-refractivity contribution >= 4 is 5.97 Å². The summed E-state index contributed by atoms with van der Waals surface area (Å²) in [6.07, 6.45) is -0.443. The van der Waals surface area contributed by atoms with Crippen LogP contribution in [0.5, 0.6) is 0 Å². The molecule has 2 rings (SSSR count). The topological polar surface area (TPSA) is 57.5 Å². The van der Waals surface area contributed by atoms with Gasteiger partial charge in [0, 0.05) is 12.0 Å². The van der Waals surface area contributed by atoms with Crippen molar-refractivity contribution in [2.24, 2.45) is 5.92 Å². The Morgan fingerprint density at radius 1 is 1.29 bits per heavy atom. The first-order valence-corrected chi connectivity index (χ1v) is 5.35. The molecule has 0 spiro atoms. The zero-order valence-corrected chi connectivity index (χ0v) is 8.94. The molecule has 2 N–H and O–H groups in total. The molecule has 0 amide bonds. The molecule has 0 aromatic heterocycles. The fraction of sp³-hybridized carbons (Fsp3) is 0.417. The molecule has 1 fully saturated rings. The van der Waals surface area contributed by atoms with Gasteiger partial charge in [-0.3, -0.25) is 4.79 Å². The third kappa shape index (κ3) is 2.29. The molecule has 0 saturated heterocycles. The van der Waals surface area contributed by atoms with Crippen molar-refractivity contribution in [1.82, 2.24) is 0 Å². The molecule has 1 aromatic rings. The summed E-state index contributed by atoms with van der Waals surface area (Å²) < 4.78 is 26.3. The lowest BCUT2D eigenvalue weighted by atomic mass is 9.88. The largest absolute Gasteiger partial charge is 0.481 e. The first kappa shape index (κ1) is 12.0. The zero-order chi connectivity index (χ0) is 12.6. The van der Waals surface area contributed by atoms with Crippen LogP contribution in [-0.4, -0.2) is 22.3 Å². The van der Waals surface area contributed by atoms with Crippen LogP contribution >= 0.6 is 0 Å². The second-order valence-corrected chi connectivity index (χ2v) is 4.34. The van der Waals surface area contributed by atoms with E-state index in [1.165, 1.54) is 6.07 Å². The molecule has 0 heterocycles. The highest BCUT2D eigenvalue weighted by Crippen LogP contribution is 2.40. The molecule has 1 aliphatic rings. The predicted octanol–water partition coefficient (Wildman–Crippen LogP) is 1.90. The lowest BCUT2D eigenvalue weighted by Gasteiger charge is -2.16. The molecule has 1 aliphatic carbocycles. The lowest BCUT2D eigenvalue weighted by molar-refractivity contribution is -0.142. The molecule has 3 nitrogen and oxygen atoms in total. The Hall–Kier alpha value is -1.49. The van der Waals surface area contributed by atoms with Gasteiger partial charge in [-0.15, -0.1) is 0 Å². The summed E-state index contributed by atoms with van der Waals surface area (Å²) in [5, 5.41) is 18.5. The number of hydrogen-bond acceptors (Lipinski definition) is 2. The molecule has 92 valence electrons. The molecule has 1 unspecified atom stereocenters. The maximum atomic E-state index is 13.6. The van der Waals surface area contributed by atoms with Gasteiger partial charge in [-0.1, -0.05) is 6.07 Å². The minimum atomic E-state index is -1.06. The van der Waals surface area contributed by atoms with Crippen molar-refractivity contribution in [1.29, 1.82) is 0 Å².